The van der Waals surface area contributed by atoms with Gasteiger partial charge >= 0.3 is 5.63 Å². The number of anilines is 2. The van der Waals surface area contributed by atoms with E-state index in [1.165, 1.54) is 54.7 Å². The molecule has 3 aromatic heterocycles. The number of allylic oxidation sites excluding steroid dienone is 1. The second kappa shape index (κ2) is 11.2. The highest BCUT2D eigenvalue weighted by atomic mass is 32.2. The summed E-state index contributed by atoms with van der Waals surface area (Å²) in [6, 6.07) is 14.9. The van der Waals surface area contributed by atoms with Gasteiger partial charge in [-0.15, -0.1) is 11.3 Å². The second-order valence-corrected chi connectivity index (χ2v) is 11.4. The molecule has 0 aliphatic rings. The van der Waals surface area contributed by atoms with Gasteiger partial charge < -0.3 is 9.73 Å². The van der Waals surface area contributed by atoms with E-state index < -0.39 is 20.6 Å². The molecule has 13 nitrogen and oxygen atoms in total. The van der Waals surface area contributed by atoms with E-state index in [9.17, 15) is 28.6 Å². The lowest BCUT2D eigenvalue weighted by Gasteiger charge is -2.09. The zero-order chi connectivity index (χ0) is 30.0. The average Bonchev–Trinajstić information content (AvgIpc) is 3.42. The molecule has 0 aliphatic heterocycles. The molecule has 0 spiro atoms. The molecule has 0 saturated carbocycles. The van der Waals surface area contributed by atoms with Crippen molar-refractivity contribution in [3.8, 4) is 17.3 Å². The van der Waals surface area contributed by atoms with Crippen molar-refractivity contribution in [2.45, 2.75) is 18.7 Å². The molecule has 2 N–H and O–H groups in total. The third-order valence-corrected chi connectivity index (χ3v) is 8.03. The minimum atomic E-state index is -3.94. The lowest BCUT2D eigenvalue weighted by Crippen LogP contribution is -2.15. The van der Waals surface area contributed by atoms with Crippen LogP contribution in [-0.4, -0.2) is 28.3 Å². The molecule has 0 atom stereocenters. The van der Waals surface area contributed by atoms with E-state index >= 15 is 0 Å². The average molecular weight is 602 g/mol. The number of fused-ring (bicyclic) bond motifs is 1. The summed E-state index contributed by atoms with van der Waals surface area (Å²) in [5, 5.41) is 26.0. The standard InChI is InChI=1S/C27H19N7O6S2/c1-15-9-16(2)31-27(30-15)33-42(38,39)21-6-3-19(4-7-21)29-13-18(12-28)25-32-23(14-41-25)22-11-17-10-20(34(36)37)5-8-24(17)40-26(22)35/h3-11,13-14,29H,1-2H3,(H,30,31,33)/b18-13+. The molecule has 210 valence electrons. The summed E-state index contributed by atoms with van der Waals surface area (Å²) in [4.78, 5) is 35.7. The van der Waals surface area contributed by atoms with Crippen LogP contribution in [0.15, 0.2) is 80.3 Å². The van der Waals surface area contributed by atoms with Crippen LogP contribution in [0.2, 0.25) is 0 Å². The first-order valence-electron chi connectivity index (χ1n) is 12.0. The van der Waals surface area contributed by atoms with Gasteiger partial charge in [-0.1, -0.05) is 0 Å². The lowest BCUT2D eigenvalue weighted by molar-refractivity contribution is -0.384. The minimum absolute atomic E-state index is 0.00981. The summed E-state index contributed by atoms with van der Waals surface area (Å²) < 4.78 is 33.2. The Morgan fingerprint density at radius 3 is 2.45 bits per heavy atom. The Morgan fingerprint density at radius 1 is 1.07 bits per heavy atom. The fourth-order valence-corrected chi connectivity index (χ4v) is 5.63. The molecule has 15 heteroatoms. The molecule has 3 heterocycles. The van der Waals surface area contributed by atoms with Gasteiger partial charge in [0.25, 0.3) is 15.7 Å². The van der Waals surface area contributed by atoms with E-state index in [2.05, 4.69) is 25.0 Å². The molecule has 0 unspecified atom stereocenters. The largest absolute Gasteiger partial charge is 0.422 e. The quantitative estimate of drug-likeness (QED) is 0.105. The van der Waals surface area contributed by atoms with Crippen LogP contribution >= 0.6 is 11.3 Å². The molecular formula is C27H19N7O6S2. The van der Waals surface area contributed by atoms with E-state index in [0.29, 0.717) is 27.5 Å². The molecule has 5 rings (SSSR count). The minimum Gasteiger partial charge on any atom is -0.422 e. The van der Waals surface area contributed by atoms with Gasteiger partial charge in [0.15, 0.2) is 0 Å². The first kappa shape index (κ1) is 28.1. The van der Waals surface area contributed by atoms with Crippen LogP contribution in [0.5, 0.6) is 0 Å². The number of nitrogens with zero attached hydrogens (tertiary/aromatic N) is 5. The summed E-state index contributed by atoms with van der Waals surface area (Å²) in [5.74, 6) is -0.0260. The van der Waals surface area contributed by atoms with E-state index in [1.807, 2.05) is 6.07 Å². The van der Waals surface area contributed by atoms with Crippen LogP contribution in [-0.2, 0) is 10.0 Å². The number of sulfonamides is 1. The molecule has 0 fully saturated rings. The van der Waals surface area contributed by atoms with Crippen molar-refractivity contribution in [1.82, 2.24) is 15.0 Å². The molecule has 5 aromatic rings. The molecule has 0 aliphatic carbocycles. The van der Waals surface area contributed by atoms with E-state index in [0.717, 1.165) is 11.3 Å². The predicted octanol–water partition coefficient (Wildman–Crippen LogP) is 5.01. The van der Waals surface area contributed by atoms with Crippen LogP contribution in [0.3, 0.4) is 0 Å². The zero-order valence-corrected chi connectivity index (χ0v) is 23.5. The Labute approximate surface area is 242 Å². The number of aromatic nitrogens is 3. The Kier molecular flexibility index (Phi) is 7.49. The summed E-state index contributed by atoms with van der Waals surface area (Å²) >= 11 is 1.11. The number of aryl methyl sites for hydroxylation is 2. The van der Waals surface area contributed by atoms with E-state index in [4.69, 9.17) is 4.42 Å². The Bertz CT molecular complexity index is 2080. The Hall–Kier alpha value is -5.46. The van der Waals surface area contributed by atoms with Crippen molar-refractivity contribution in [2.75, 3.05) is 10.0 Å². The molecule has 0 saturated heterocycles. The molecule has 0 radical (unpaired) electrons. The van der Waals surface area contributed by atoms with Gasteiger partial charge in [-0.3, -0.25) is 10.1 Å². The van der Waals surface area contributed by atoms with Crippen molar-refractivity contribution in [1.29, 1.82) is 5.26 Å². The van der Waals surface area contributed by atoms with Crippen LogP contribution < -0.4 is 15.7 Å². The highest BCUT2D eigenvalue weighted by molar-refractivity contribution is 7.92. The topological polar surface area (TPSA) is 194 Å². The van der Waals surface area contributed by atoms with Crippen LogP contribution in [0, 0.1) is 35.3 Å². The van der Waals surface area contributed by atoms with E-state index in [1.54, 1.807) is 25.3 Å². The third kappa shape index (κ3) is 5.99. The third-order valence-electron chi connectivity index (χ3n) is 5.81. The Balaban J connectivity index is 1.34. The summed E-state index contributed by atoms with van der Waals surface area (Å²) in [6.07, 6.45) is 1.40. The maximum Gasteiger partial charge on any atom is 0.345 e. The van der Waals surface area contributed by atoms with Crippen molar-refractivity contribution in [2.24, 2.45) is 0 Å². The number of rotatable bonds is 8. The first-order valence-corrected chi connectivity index (χ1v) is 14.4. The number of nitro groups is 1. The van der Waals surface area contributed by atoms with Gasteiger partial charge in [0.1, 0.15) is 22.2 Å². The van der Waals surface area contributed by atoms with Crippen molar-refractivity contribution in [3.05, 3.63) is 103 Å². The zero-order valence-electron chi connectivity index (χ0n) is 21.9. The second-order valence-electron chi connectivity index (χ2n) is 8.88. The number of nitro benzene ring substituents is 1. The highest BCUT2D eigenvalue weighted by Gasteiger charge is 2.17. The fourth-order valence-electron chi connectivity index (χ4n) is 3.90. The number of nitriles is 1. The number of thiazole rings is 1. The maximum absolute atomic E-state index is 12.8. The Morgan fingerprint density at radius 2 is 1.79 bits per heavy atom. The van der Waals surface area contributed by atoms with Gasteiger partial charge in [-0.2, -0.15) is 5.26 Å². The monoisotopic (exact) mass is 601 g/mol. The number of hydrogen-bond donors (Lipinski definition) is 2. The smallest absolute Gasteiger partial charge is 0.345 e. The number of non-ortho nitro benzene ring substituents is 1. The van der Waals surface area contributed by atoms with Gasteiger partial charge in [0.2, 0.25) is 5.95 Å². The van der Waals surface area contributed by atoms with Crippen LogP contribution in [0.25, 0.3) is 27.8 Å². The molecule has 42 heavy (non-hydrogen) atoms. The fraction of sp³-hybridized carbons (Fsp3) is 0.0741. The SMILES string of the molecule is Cc1cc(C)nc(NS(=O)(=O)c2ccc(N/C=C(\C#N)c3nc(-c4cc5cc([N+](=O)[O-])ccc5oc4=O)cs3)cc2)n1. The van der Waals surface area contributed by atoms with Gasteiger partial charge in [-0.25, -0.2) is 32.9 Å². The van der Waals surface area contributed by atoms with Crippen molar-refractivity contribution >= 4 is 55.2 Å². The summed E-state index contributed by atoms with van der Waals surface area (Å²) in [6.45, 7) is 3.47. The summed E-state index contributed by atoms with van der Waals surface area (Å²) in [7, 11) is -3.94. The van der Waals surface area contributed by atoms with Crippen molar-refractivity contribution in [3.63, 3.8) is 0 Å². The molecule has 0 amide bonds. The van der Waals surface area contributed by atoms with Crippen molar-refractivity contribution < 1.29 is 17.8 Å². The first-order chi connectivity index (χ1) is 20.0. The maximum atomic E-state index is 12.8. The lowest BCUT2D eigenvalue weighted by atomic mass is 10.1. The number of nitrogens with one attached hydrogen (secondary N) is 2. The van der Waals surface area contributed by atoms with Crippen LogP contribution in [0.4, 0.5) is 17.3 Å². The van der Waals surface area contributed by atoms with E-state index in [-0.39, 0.29) is 38.9 Å². The van der Waals surface area contributed by atoms with Gasteiger partial charge in [-0.05, 0) is 56.3 Å². The number of hydrogen-bond acceptors (Lipinski definition) is 12. The number of benzene rings is 2. The van der Waals surface area contributed by atoms with Gasteiger partial charge in [0.05, 0.1) is 21.1 Å². The molecule has 2 aromatic carbocycles. The predicted molar refractivity (Wildman–Crippen MR) is 156 cm³/mol. The van der Waals surface area contributed by atoms with Gasteiger partial charge in [0, 0.05) is 46.2 Å². The van der Waals surface area contributed by atoms with Crippen LogP contribution in [0.1, 0.15) is 16.4 Å². The molecular weight excluding hydrogens is 582 g/mol. The normalized spacial score (nSPS) is 11.7. The summed E-state index contributed by atoms with van der Waals surface area (Å²) in [5.41, 5.74) is 1.59. The highest BCUT2D eigenvalue weighted by Crippen LogP contribution is 2.28. The molecule has 0 bridgehead atoms.